The van der Waals surface area contributed by atoms with Gasteiger partial charge >= 0.3 is 0 Å². The average molecular weight is 391 g/mol. The number of hydrogen-bond donors (Lipinski definition) is 6. The van der Waals surface area contributed by atoms with Gasteiger partial charge in [-0.2, -0.15) is 0 Å². The minimum Gasteiger partial charge on any atom is -0.394 e. The summed E-state index contributed by atoms with van der Waals surface area (Å²) in [5.74, 6) is 0.317. The predicted molar refractivity (Wildman–Crippen MR) is 99.2 cm³/mol. The number of H-pyrrole nitrogens is 1. The summed E-state index contributed by atoms with van der Waals surface area (Å²) in [7, 11) is 0. The van der Waals surface area contributed by atoms with Gasteiger partial charge in [-0.3, -0.25) is 4.79 Å². The lowest BCUT2D eigenvalue weighted by Crippen LogP contribution is -2.60. The number of fused-ring (bicyclic) bond motifs is 1. The molecule has 4 rings (SSSR count). The number of aromatic nitrogens is 4. The number of aliphatic hydroxyl groups excluding tert-OH is 2. The molecule has 6 N–H and O–H groups in total. The van der Waals surface area contributed by atoms with E-state index in [1.165, 1.54) is 12.7 Å². The Morgan fingerprint density at radius 2 is 2.21 bits per heavy atom. The summed E-state index contributed by atoms with van der Waals surface area (Å²) >= 11 is 0. The Hall–Kier alpha value is -2.34. The second kappa shape index (κ2) is 8.35. The van der Waals surface area contributed by atoms with Gasteiger partial charge in [0.05, 0.1) is 25.0 Å². The first-order valence-electron chi connectivity index (χ1n) is 9.54. The third kappa shape index (κ3) is 3.92. The molecular formula is C17H25N7O4. The van der Waals surface area contributed by atoms with Crippen molar-refractivity contribution in [2.75, 3.05) is 18.5 Å². The number of anilines is 1. The molecule has 2 aromatic rings. The zero-order valence-electron chi connectivity index (χ0n) is 15.3. The minimum atomic E-state index is -0.902. The van der Waals surface area contributed by atoms with E-state index in [1.54, 1.807) is 0 Å². The third-order valence-corrected chi connectivity index (χ3v) is 5.25. The molecule has 2 aliphatic rings. The standard InChI is InChI=1S/C17H25N7O4/c25-6-12-10(23-16(27)9-3-1-2-4-18-9)5-11(26)17(28-12)24-15-13-14(20-7-19-13)21-8-22-15/h7-12,17-18,25-26H,1-6H2,(H,23,27)(H2,19,20,21,22,24)/t9-,10-,11+,12+,17+/m1/s1. The highest BCUT2D eigenvalue weighted by Crippen LogP contribution is 2.24. The Balaban J connectivity index is 1.41. The summed E-state index contributed by atoms with van der Waals surface area (Å²) in [4.78, 5) is 27.7. The first kappa shape index (κ1) is 19.0. The molecular weight excluding hydrogens is 366 g/mol. The number of carbonyl (C=O) groups excluding carboxylic acids is 1. The van der Waals surface area contributed by atoms with Gasteiger partial charge in [0.25, 0.3) is 0 Å². The van der Waals surface area contributed by atoms with E-state index in [1.807, 2.05) is 0 Å². The van der Waals surface area contributed by atoms with Gasteiger partial charge in [0.2, 0.25) is 5.91 Å². The largest absolute Gasteiger partial charge is 0.394 e. The van der Waals surface area contributed by atoms with Crippen molar-refractivity contribution < 1.29 is 19.7 Å². The van der Waals surface area contributed by atoms with Crippen LogP contribution in [0, 0.1) is 0 Å². The minimum absolute atomic E-state index is 0.125. The van der Waals surface area contributed by atoms with Crippen molar-refractivity contribution in [2.24, 2.45) is 0 Å². The van der Waals surface area contributed by atoms with E-state index < -0.39 is 24.5 Å². The number of carbonyl (C=O) groups is 1. The topological polar surface area (TPSA) is 157 Å². The van der Waals surface area contributed by atoms with E-state index in [9.17, 15) is 15.0 Å². The summed E-state index contributed by atoms with van der Waals surface area (Å²) < 4.78 is 5.84. The van der Waals surface area contributed by atoms with Gasteiger partial charge in [-0.05, 0) is 19.4 Å². The summed E-state index contributed by atoms with van der Waals surface area (Å²) in [5.41, 5.74) is 1.09. The Bertz CT molecular complexity index is 810. The van der Waals surface area contributed by atoms with Crippen molar-refractivity contribution in [1.82, 2.24) is 30.6 Å². The Kier molecular flexibility index (Phi) is 5.67. The zero-order valence-corrected chi connectivity index (χ0v) is 15.3. The third-order valence-electron chi connectivity index (χ3n) is 5.25. The smallest absolute Gasteiger partial charge is 0.237 e. The summed E-state index contributed by atoms with van der Waals surface area (Å²) in [6.07, 6.45) is 3.63. The van der Waals surface area contributed by atoms with Crippen molar-refractivity contribution in [3.05, 3.63) is 12.7 Å². The van der Waals surface area contributed by atoms with Crippen LogP contribution in [0.25, 0.3) is 11.2 Å². The molecule has 2 fully saturated rings. The van der Waals surface area contributed by atoms with E-state index in [-0.39, 0.29) is 25.0 Å². The highest BCUT2D eigenvalue weighted by Gasteiger charge is 2.39. The maximum Gasteiger partial charge on any atom is 0.237 e. The second-order valence-corrected chi connectivity index (χ2v) is 7.17. The van der Waals surface area contributed by atoms with Crippen molar-refractivity contribution >= 4 is 22.9 Å². The molecule has 0 unspecified atom stereocenters. The van der Waals surface area contributed by atoms with Gasteiger partial charge in [0, 0.05) is 6.42 Å². The first-order valence-corrected chi connectivity index (χ1v) is 9.54. The Morgan fingerprint density at radius 3 is 3.00 bits per heavy atom. The van der Waals surface area contributed by atoms with Crippen LogP contribution in [0.15, 0.2) is 12.7 Å². The molecule has 28 heavy (non-hydrogen) atoms. The van der Waals surface area contributed by atoms with Crippen LogP contribution in [0.3, 0.4) is 0 Å². The van der Waals surface area contributed by atoms with Crippen LogP contribution in [0.1, 0.15) is 25.7 Å². The SMILES string of the molecule is O=C(N[C@@H]1C[C@H](O)[C@@H](Nc2ncnc3nc[nH]c23)O[C@H]1CO)[C@H]1CCCCN1. The van der Waals surface area contributed by atoms with E-state index in [0.717, 1.165) is 25.8 Å². The zero-order chi connectivity index (χ0) is 19.5. The molecule has 5 atom stereocenters. The molecule has 11 nitrogen and oxygen atoms in total. The monoisotopic (exact) mass is 391 g/mol. The van der Waals surface area contributed by atoms with Gasteiger partial charge in [-0.1, -0.05) is 6.42 Å². The highest BCUT2D eigenvalue weighted by molar-refractivity contribution is 5.82. The first-order chi connectivity index (χ1) is 13.7. The van der Waals surface area contributed by atoms with E-state index in [0.29, 0.717) is 17.0 Å². The van der Waals surface area contributed by atoms with Crippen LogP contribution < -0.4 is 16.0 Å². The molecule has 0 aromatic carbocycles. The van der Waals surface area contributed by atoms with Gasteiger partial charge in [0.1, 0.15) is 24.1 Å². The number of rotatable bonds is 5. The lowest BCUT2D eigenvalue weighted by molar-refractivity contribution is -0.143. The maximum atomic E-state index is 12.5. The normalized spacial score (nSPS) is 30.9. The molecule has 0 aliphatic carbocycles. The van der Waals surface area contributed by atoms with Crippen molar-refractivity contribution in [1.29, 1.82) is 0 Å². The molecule has 2 saturated heterocycles. The van der Waals surface area contributed by atoms with Crippen LogP contribution >= 0.6 is 0 Å². The van der Waals surface area contributed by atoms with Crippen molar-refractivity contribution in [2.45, 2.75) is 56.2 Å². The quantitative estimate of drug-likeness (QED) is 0.371. The fraction of sp³-hybridized carbons (Fsp3) is 0.647. The number of nitrogens with one attached hydrogen (secondary N) is 4. The number of imidazole rings is 1. The lowest BCUT2D eigenvalue weighted by atomic mass is 9.97. The van der Waals surface area contributed by atoms with Gasteiger partial charge < -0.3 is 35.9 Å². The maximum absolute atomic E-state index is 12.5. The van der Waals surface area contributed by atoms with Crippen LogP contribution in [-0.2, 0) is 9.53 Å². The molecule has 2 aliphatic heterocycles. The number of aliphatic hydroxyl groups is 2. The fourth-order valence-electron chi connectivity index (χ4n) is 3.73. The molecule has 2 aromatic heterocycles. The highest BCUT2D eigenvalue weighted by atomic mass is 16.5. The lowest BCUT2D eigenvalue weighted by Gasteiger charge is -2.40. The number of nitrogens with zero attached hydrogens (tertiary/aromatic N) is 3. The van der Waals surface area contributed by atoms with Crippen LogP contribution in [0.2, 0.25) is 0 Å². The molecule has 0 saturated carbocycles. The van der Waals surface area contributed by atoms with Crippen LogP contribution in [-0.4, -0.2) is 79.7 Å². The number of piperidine rings is 1. The molecule has 11 heteroatoms. The molecule has 4 heterocycles. The summed E-state index contributed by atoms with van der Waals surface area (Å²) in [6.45, 7) is 0.537. The van der Waals surface area contributed by atoms with Gasteiger partial charge in [-0.15, -0.1) is 0 Å². The molecule has 0 spiro atoms. The molecule has 152 valence electrons. The summed E-state index contributed by atoms with van der Waals surface area (Å²) in [5, 5.41) is 29.4. The Labute approximate surface area is 161 Å². The number of ether oxygens (including phenoxy) is 1. The summed E-state index contributed by atoms with van der Waals surface area (Å²) in [6, 6.07) is -0.720. The van der Waals surface area contributed by atoms with Crippen molar-refractivity contribution in [3.8, 4) is 0 Å². The van der Waals surface area contributed by atoms with Crippen molar-refractivity contribution in [3.63, 3.8) is 0 Å². The fourth-order valence-corrected chi connectivity index (χ4v) is 3.73. The predicted octanol–water partition coefficient (Wildman–Crippen LogP) is -1.14. The number of aromatic amines is 1. The van der Waals surface area contributed by atoms with Crippen LogP contribution in [0.4, 0.5) is 5.82 Å². The van der Waals surface area contributed by atoms with Gasteiger partial charge in [-0.25, -0.2) is 15.0 Å². The van der Waals surface area contributed by atoms with E-state index in [2.05, 4.69) is 35.9 Å². The molecule has 0 radical (unpaired) electrons. The van der Waals surface area contributed by atoms with Crippen LogP contribution in [0.5, 0.6) is 0 Å². The average Bonchev–Trinajstić information content (AvgIpc) is 3.20. The Morgan fingerprint density at radius 1 is 1.32 bits per heavy atom. The number of hydrogen-bond acceptors (Lipinski definition) is 9. The second-order valence-electron chi connectivity index (χ2n) is 7.17. The van der Waals surface area contributed by atoms with E-state index in [4.69, 9.17) is 4.74 Å². The molecule has 0 bridgehead atoms. The number of amides is 1. The van der Waals surface area contributed by atoms with E-state index >= 15 is 0 Å². The van der Waals surface area contributed by atoms with Gasteiger partial charge in [0.15, 0.2) is 17.7 Å². The molecule has 1 amide bonds.